The molecule has 0 fully saturated rings. The minimum atomic E-state index is -0.326. The number of nitrogens with zero attached hydrogens (tertiary/aromatic N) is 1. The van der Waals surface area contributed by atoms with E-state index in [1.807, 2.05) is 0 Å². The number of furan rings is 1. The fourth-order valence-electron chi connectivity index (χ4n) is 2.18. The third kappa shape index (κ3) is 2.88. The minimum Gasteiger partial charge on any atom is -0.459 e. The van der Waals surface area contributed by atoms with Gasteiger partial charge < -0.3 is 9.73 Å². The van der Waals surface area contributed by atoms with Gasteiger partial charge >= 0.3 is 0 Å². The van der Waals surface area contributed by atoms with Crippen LogP contribution >= 0.6 is 0 Å². The van der Waals surface area contributed by atoms with E-state index in [1.165, 1.54) is 12.3 Å². The van der Waals surface area contributed by atoms with Crippen LogP contribution in [0.15, 0.2) is 65.5 Å². The van der Waals surface area contributed by atoms with E-state index in [2.05, 4.69) is 10.3 Å². The van der Waals surface area contributed by atoms with Crippen molar-refractivity contribution >= 4 is 5.91 Å². The number of benzene rings is 1. The summed E-state index contributed by atoms with van der Waals surface area (Å²) < 4.78 is 19.0. The maximum atomic E-state index is 14.0. The lowest BCUT2D eigenvalue weighted by atomic mass is 10.0. The molecule has 0 aliphatic carbocycles. The van der Waals surface area contributed by atoms with Crippen molar-refractivity contribution in [3.63, 3.8) is 0 Å². The average Bonchev–Trinajstić information content (AvgIpc) is 3.08. The summed E-state index contributed by atoms with van der Waals surface area (Å²) in [5, 5.41) is 2.74. The van der Waals surface area contributed by atoms with Crippen LogP contribution in [0.3, 0.4) is 0 Å². The summed E-state index contributed by atoms with van der Waals surface area (Å²) in [6, 6.07) is 11.5. The first-order chi connectivity index (χ1) is 10.8. The second kappa shape index (κ2) is 6.22. The molecule has 1 N–H and O–H groups in total. The van der Waals surface area contributed by atoms with Crippen LogP contribution in [0.25, 0.3) is 11.1 Å². The normalized spacial score (nSPS) is 10.4. The first-order valence-electron chi connectivity index (χ1n) is 6.75. The SMILES string of the molecule is O=C(NCc1cnccc1-c1ccccc1F)c1ccco1. The van der Waals surface area contributed by atoms with Gasteiger partial charge in [0.15, 0.2) is 5.76 Å². The number of amides is 1. The Morgan fingerprint density at radius 1 is 1.14 bits per heavy atom. The Morgan fingerprint density at radius 2 is 2.00 bits per heavy atom. The molecule has 110 valence electrons. The predicted molar refractivity (Wildman–Crippen MR) is 79.5 cm³/mol. The second-order valence-corrected chi connectivity index (χ2v) is 4.67. The zero-order chi connectivity index (χ0) is 15.4. The molecule has 0 unspecified atom stereocenters. The number of hydrogen-bond donors (Lipinski definition) is 1. The zero-order valence-electron chi connectivity index (χ0n) is 11.6. The molecule has 4 nitrogen and oxygen atoms in total. The molecule has 3 rings (SSSR count). The van der Waals surface area contributed by atoms with E-state index >= 15 is 0 Å². The molecule has 2 aromatic heterocycles. The second-order valence-electron chi connectivity index (χ2n) is 4.67. The van der Waals surface area contributed by atoms with Gasteiger partial charge in [-0.1, -0.05) is 18.2 Å². The Bertz CT molecular complexity index is 785. The monoisotopic (exact) mass is 296 g/mol. The topological polar surface area (TPSA) is 55.1 Å². The van der Waals surface area contributed by atoms with Crippen LogP contribution in [-0.2, 0) is 6.54 Å². The van der Waals surface area contributed by atoms with E-state index in [0.29, 0.717) is 11.1 Å². The van der Waals surface area contributed by atoms with Gasteiger partial charge in [0, 0.05) is 24.5 Å². The van der Waals surface area contributed by atoms with Gasteiger partial charge in [-0.05, 0) is 35.4 Å². The minimum absolute atomic E-state index is 0.233. The summed E-state index contributed by atoms with van der Waals surface area (Å²) >= 11 is 0. The first kappa shape index (κ1) is 14.0. The van der Waals surface area contributed by atoms with E-state index in [1.54, 1.807) is 48.8 Å². The standard InChI is InChI=1S/C17H13FN2O2/c18-15-5-2-1-4-14(15)13-7-8-19-10-12(13)11-20-17(21)16-6-3-9-22-16/h1-10H,11H2,(H,20,21). The molecule has 22 heavy (non-hydrogen) atoms. The highest BCUT2D eigenvalue weighted by Crippen LogP contribution is 2.25. The summed E-state index contributed by atoms with van der Waals surface area (Å²) in [5.41, 5.74) is 1.91. The number of aromatic nitrogens is 1. The van der Waals surface area contributed by atoms with Crippen molar-refractivity contribution in [3.8, 4) is 11.1 Å². The van der Waals surface area contributed by atoms with Gasteiger partial charge in [0.2, 0.25) is 0 Å². The number of pyridine rings is 1. The van der Waals surface area contributed by atoms with E-state index in [0.717, 1.165) is 5.56 Å². The lowest BCUT2D eigenvalue weighted by molar-refractivity contribution is 0.0923. The number of halogens is 1. The number of nitrogens with one attached hydrogen (secondary N) is 1. The van der Waals surface area contributed by atoms with Gasteiger partial charge in [-0.3, -0.25) is 9.78 Å². The zero-order valence-corrected chi connectivity index (χ0v) is 11.6. The molecule has 0 aliphatic rings. The van der Waals surface area contributed by atoms with E-state index in [4.69, 9.17) is 4.42 Å². The Kier molecular flexibility index (Phi) is 3.96. The van der Waals surface area contributed by atoms with Crippen LogP contribution < -0.4 is 5.32 Å². The molecule has 0 saturated carbocycles. The molecule has 1 aromatic carbocycles. The molecule has 0 saturated heterocycles. The summed E-state index contributed by atoms with van der Waals surface area (Å²) in [7, 11) is 0. The molecular formula is C17H13FN2O2. The summed E-state index contributed by atoms with van der Waals surface area (Å²) in [6.07, 6.45) is 4.65. The lowest BCUT2D eigenvalue weighted by Gasteiger charge is -2.10. The van der Waals surface area contributed by atoms with Crippen LogP contribution in [0.5, 0.6) is 0 Å². The van der Waals surface area contributed by atoms with Crippen molar-refractivity contribution in [1.82, 2.24) is 10.3 Å². The van der Waals surface area contributed by atoms with Gasteiger partial charge in [-0.25, -0.2) is 4.39 Å². The number of hydrogen-bond acceptors (Lipinski definition) is 3. The largest absolute Gasteiger partial charge is 0.459 e. The van der Waals surface area contributed by atoms with Crippen LogP contribution in [-0.4, -0.2) is 10.9 Å². The van der Waals surface area contributed by atoms with Crippen molar-refractivity contribution in [2.75, 3.05) is 0 Å². The lowest BCUT2D eigenvalue weighted by Crippen LogP contribution is -2.22. The fraction of sp³-hybridized carbons (Fsp3) is 0.0588. The van der Waals surface area contributed by atoms with Gasteiger partial charge in [0.25, 0.3) is 5.91 Å². The highest BCUT2D eigenvalue weighted by molar-refractivity contribution is 5.91. The third-order valence-corrected chi connectivity index (χ3v) is 3.25. The Labute approximate surface area is 126 Å². The van der Waals surface area contributed by atoms with Gasteiger partial charge in [0.1, 0.15) is 5.82 Å². The molecule has 0 spiro atoms. The highest BCUT2D eigenvalue weighted by atomic mass is 19.1. The summed E-state index contributed by atoms with van der Waals surface area (Å²) in [5.74, 6) is -0.406. The molecular weight excluding hydrogens is 283 g/mol. The van der Waals surface area contributed by atoms with Gasteiger partial charge in [-0.2, -0.15) is 0 Å². The van der Waals surface area contributed by atoms with Crippen molar-refractivity contribution in [2.45, 2.75) is 6.54 Å². The van der Waals surface area contributed by atoms with Gasteiger partial charge in [-0.15, -0.1) is 0 Å². The summed E-state index contributed by atoms with van der Waals surface area (Å²) in [4.78, 5) is 15.9. The molecule has 0 bridgehead atoms. The van der Waals surface area contributed by atoms with Crippen LogP contribution in [0, 0.1) is 5.82 Å². The average molecular weight is 296 g/mol. The van der Waals surface area contributed by atoms with E-state index in [-0.39, 0.29) is 24.0 Å². The first-order valence-corrected chi connectivity index (χ1v) is 6.75. The predicted octanol–water partition coefficient (Wildman–Crippen LogP) is 3.41. The van der Waals surface area contributed by atoms with Crippen molar-refractivity contribution in [2.24, 2.45) is 0 Å². The maximum absolute atomic E-state index is 14.0. The molecule has 0 aliphatic heterocycles. The number of carbonyl (C=O) groups excluding carboxylic acids is 1. The molecule has 0 radical (unpaired) electrons. The Morgan fingerprint density at radius 3 is 2.77 bits per heavy atom. The third-order valence-electron chi connectivity index (χ3n) is 3.25. The molecule has 5 heteroatoms. The van der Waals surface area contributed by atoms with Crippen LogP contribution in [0.1, 0.15) is 16.1 Å². The van der Waals surface area contributed by atoms with Crippen molar-refractivity contribution in [3.05, 3.63) is 78.3 Å². The van der Waals surface area contributed by atoms with E-state index in [9.17, 15) is 9.18 Å². The molecule has 1 amide bonds. The number of rotatable bonds is 4. The molecule has 2 heterocycles. The maximum Gasteiger partial charge on any atom is 0.287 e. The fourth-order valence-corrected chi connectivity index (χ4v) is 2.18. The Balaban J connectivity index is 1.83. The van der Waals surface area contributed by atoms with Gasteiger partial charge in [0.05, 0.1) is 6.26 Å². The molecule has 0 atom stereocenters. The Hall–Kier alpha value is -2.95. The van der Waals surface area contributed by atoms with Crippen LogP contribution in [0.2, 0.25) is 0 Å². The smallest absolute Gasteiger partial charge is 0.287 e. The molecule has 3 aromatic rings. The quantitative estimate of drug-likeness (QED) is 0.802. The van der Waals surface area contributed by atoms with Crippen LogP contribution in [0.4, 0.5) is 4.39 Å². The van der Waals surface area contributed by atoms with Crippen molar-refractivity contribution in [1.29, 1.82) is 0 Å². The van der Waals surface area contributed by atoms with E-state index < -0.39 is 0 Å². The summed E-state index contributed by atoms with van der Waals surface area (Å²) in [6.45, 7) is 0.233. The van der Waals surface area contributed by atoms with Crippen molar-refractivity contribution < 1.29 is 13.6 Å². The number of carbonyl (C=O) groups is 1. The highest BCUT2D eigenvalue weighted by Gasteiger charge is 2.12.